The van der Waals surface area contributed by atoms with Crippen molar-refractivity contribution >= 4 is 33.4 Å². The molecule has 4 rings (SSSR count). The quantitative estimate of drug-likeness (QED) is 0.181. The molecule has 1 amide bonds. The Morgan fingerprint density at radius 2 is 1.48 bits per heavy atom. The third-order valence-corrected chi connectivity index (χ3v) is 7.72. The molecule has 0 aliphatic heterocycles. The highest BCUT2D eigenvalue weighted by Crippen LogP contribution is 2.24. The summed E-state index contributed by atoms with van der Waals surface area (Å²) in [6.07, 6.45) is 1.48. The summed E-state index contributed by atoms with van der Waals surface area (Å²) in [7, 11) is -3.83. The van der Waals surface area contributed by atoms with Gasteiger partial charge in [0, 0.05) is 5.69 Å². The van der Waals surface area contributed by atoms with Gasteiger partial charge in [0.1, 0.15) is 24.0 Å². The number of nitriles is 1. The van der Waals surface area contributed by atoms with Crippen molar-refractivity contribution in [2.75, 3.05) is 10.0 Å². The molecule has 0 unspecified atom stereocenters. The number of nitrogens with one attached hydrogen (secondary N) is 2. The molecule has 0 heterocycles. The van der Waals surface area contributed by atoms with Crippen LogP contribution in [-0.2, 0) is 21.4 Å². The Hall–Kier alpha value is -4.87. The van der Waals surface area contributed by atoms with Crippen LogP contribution in [0.3, 0.4) is 0 Å². The molecule has 2 N–H and O–H groups in total. The van der Waals surface area contributed by atoms with Crippen LogP contribution in [0, 0.1) is 32.1 Å². The summed E-state index contributed by atoms with van der Waals surface area (Å²) in [5.74, 6) is 0.0668. The molecule has 4 aromatic rings. The number of hydrogen-bond donors (Lipinski definition) is 2. The van der Waals surface area contributed by atoms with Crippen LogP contribution in [0.15, 0.2) is 101 Å². The molecule has 202 valence electrons. The fraction of sp³-hybridized carbons (Fsp3) is 0.125. The van der Waals surface area contributed by atoms with E-state index in [2.05, 4.69) is 10.0 Å². The number of anilines is 2. The first-order chi connectivity index (χ1) is 19.2. The lowest BCUT2D eigenvalue weighted by Crippen LogP contribution is -2.16. The highest BCUT2D eigenvalue weighted by molar-refractivity contribution is 7.92. The number of hydrogen-bond acceptors (Lipinski definition) is 5. The molecule has 0 radical (unpaired) electrons. The van der Waals surface area contributed by atoms with Gasteiger partial charge in [-0.25, -0.2) is 8.42 Å². The van der Waals surface area contributed by atoms with Crippen molar-refractivity contribution in [2.24, 2.45) is 0 Å². The number of rotatable bonds is 9. The van der Waals surface area contributed by atoms with Gasteiger partial charge >= 0.3 is 0 Å². The molecule has 0 aromatic heterocycles. The summed E-state index contributed by atoms with van der Waals surface area (Å²) in [6.45, 7) is 6.13. The van der Waals surface area contributed by atoms with Crippen LogP contribution in [-0.4, -0.2) is 14.3 Å². The van der Waals surface area contributed by atoms with Gasteiger partial charge in [0.2, 0.25) is 0 Å². The maximum atomic E-state index is 12.9. The zero-order valence-corrected chi connectivity index (χ0v) is 23.2. The molecule has 0 aliphatic rings. The molecule has 0 atom stereocenters. The number of amides is 1. The highest BCUT2D eigenvalue weighted by atomic mass is 32.2. The molecule has 7 nitrogen and oxygen atoms in total. The number of ether oxygens (including phenoxy) is 1. The average molecular weight is 552 g/mol. The van der Waals surface area contributed by atoms with Crippen molar-refractivity contribution in [2.45, 2.75) is 32.3 Å². The Balaban J connectivity index is 1.40. The van der Waals surface area contributed by atoms with Crippen LogP contribution < -0.4 is 14.8 Å². The van der Waals surface area contributed by atoms with Crippen molar-refractivity contribution < 1.29 is 17.9 Å². The molecular weight excluding hydrogens is 522 g/mol. The maximum Gasteiger partial charge on any atom is 0.266 e. The van der Waals surface area contributed by atoms with Gasteiger partial charge in [-0.1, -0.05) is 54.6 Å². The van der Waals surface area contributed by atoms with E-state index in [0.717, 1.165) is 22.3 Å². The zero-order chi connectivity index (χ0) is 28.7. The molecule has 0 saturated heterocycles. The van der Waals surface area contributed by atoms with E-state index in [1.807, 2.05) is 69.3 Å². The normalized spacial score (nSPS) is 11.4. The Kier molecular flexibility index (Phi) is 8.67. The Labute approximate surface area is 234 Å². The fourth-order valence-corrected chi connectivity index (χ4v) is 5.20. The predicted molar refractivity (Wildman–Crippen MR) is 157 cm³/mol. The van der Waals surface area contributed by atoms with Crippen LogP contribution in [0.5, 0.6) is 5.75 Å². The largest absolute Gasteiger partial charge is 0.489 e. The Morgan fingerprint density at radius 3 is 2.10 bits per heavy atom. The van der Waals surface area contributed by atoms with E-state index in [1.165, 1.54) is 30.3 Å². The monoisotopic (exact) mass is 551 g/mol. The van der Waals surface area contributed by atoms with E-state index in [-0.39, 0.29) is 10.5 Å². The molecule has 0 bridgehead atoms. The summed E-state index contributed by atoms with van der Waals surface area (Å²) in [4.78, 5) is 12.8. The van der Waals surface area contributed by atoms with Gasteiger partial charge in [-0.05, 0) is 91.1 Å². The molecule has 0 saturated carbocycles. The number of aryl methyl sites for hydroxylation is 3. The second-order valence-corrected chi connectivity index (χ2v) is 11.0. The van der Waals surface area contributed by atoms with Crippen molar-refractivity contribution in [1.29, 1.82) is 5.26 Å². The number of nitrogens with zero attached hydrogens (tertiary/aromatic N) is 1. The molecule has 0 aliphatic carbocycles. The van der Waals surface area contributed by atoms with Gasteiger partial charge in [0.15, 0.2) is 0 Å². The number of benzene rings is 4. The second kappa shape index (κ2) is 12.3. The Morgan fingerprint density at radius 1 is 0.850 bits per heavy atom. The van der Waals surface area contributed by atoms with E-state index >= 15 is 0 Å². The molecular formula is C32H29N3O4S. The van der Waals surface area contributed by atoms with Crippen LogP contribution in [0.25, 0.3) is 6.08 Å². The molecule has 8 heteroatoms. The van der Waals surface area contributed by atoms with E-state index in [1.54, 1.807) is 24.3 Å². The first kappa shape index (κ1) is 28.1. The van der Waals surface area contributed by atoms with Crippen LogP contribution in [0.2, 0.25) is 0 Å². The second-order valence-electron chi connectivity index (χ2n) is 9.30. The molecule has 0 spiro atoms. The van der Waals surface area contributed by atoms with Gasteiger partial charge in [-0.15, -0.1) is 0 Å². The van der Waals surface area contributed by atoms with Gasteiger partial charge < -0.3 is 10.1 Å². The van der Waals surface area contributed by atoms with Crippen molar-refractivity contribution in [3.8, 4) is 11.8 Å². The molecule has 40 heavy (non-hydrogen) atoms. The molecule has 0 fully saturated rings. The summed E-state index contributed by atoms with van der Waals surface area (Å²) < 4.78 is 34.3. The number of carbonyl (C=O) groups excluding carboxylic acids is 1. The van der Waals surface area contributed by atoms with Gasteiger partial charge in [0.25, 0.3) is 15.9 Å². The lowest BCUT2D eigenvalue weighted by Gasteiger charge is -2.13. The summed E-state index contributed by atoms with van der Waals surface area (Å²) >= 11 is 0. The third kappa shape index (κ3) is 6.95. The van der Waals surface area contributed by atoms with Crippen molar-refractivity contribution in [3.05, 3.63) is 124 Å². The smallest absolute Gasteiger partial charge is 0.266 e. The maximum absolute atomic E-state index is 12.9. The van der Waals surface area contributed by atoms with Crippen LogP contribution in [0.4, 0.5) is 11.4 Å². The van der Waals surface area contributed by atoms with Gasteiger partial charge in [0.05, 0.1) is 10.6 Å². The lowest BCUT2D eigenvalue weighted by molar-refractivity contribution is -0.112. The summed E-state index contributed by atoms with van der Waals surface area (Å²) in [5.41, 5.74) is 5.33. The van der Waals surface area contributed by atoms with E-state index in [4.69, 9.17) is 4.74 Å². The minimum absolute atomic E-state index is 0.0499. The first-order valence-corrected chi connectivity index (χ1v) is 14.0. The lowest BCUT2D eigenvalue weighted by atomic mass is 10.1. The summed E-state index contributed by atoms with van der Waals surface area (Å²) in [5, 5.41) is 12.2. The molecule has 4 aromatic carbocycles. The van der Waals surface area contributed by atoms with Crippen LogP contribution in [0.1, 0.15) is 27.8 Å². The van der Waals surface area contributed by atoms with E-state index in [0.29, 0.717) is 29.3 Å². The number of para-hydroxylation sites is 1. The first-order valence-electron chi connectivity index (χ1n) is 12.6. The minimum Gasteiger partial charge on any atom is -0.489 e. The topological polar surface area (TPSA) is 108 Å². The van der Waals surface area contributed by atoms with E-state index < -0.39 is 15.9 Å². The van der Waals surface area contributed by atoms with Crippen LogP contribution >= 0.6 is 0 Å². The predicted octanol–water partition coefficient (Wildman–Crippen LogP) is 6.54. The third-order valence-electron chi connectivity index (χ3n) is 6.35. The minimum atomic E-state index is -3.83. The fourth-order valence-electron chi connectivity index (χ4n) is 3.99. The highest BCUT2D eigenvalue weighted by Gasteiger charge is 2.17. The van der Waals surface area contributed by atoms with Crippen molar-refractivity contribution in [1.82, 2.24) is 0 Å². The Bertz CT molecular complexity index is 1680. The standard InChI is InChI=1S/C32H29N3O4S/c1-22-7-4-5-10-26(22)21-39-29-15-11-25(12-16-29)19-27(20-33)32(36)34-28-13-17-30(18-14-28)40(37,38)35-31-23(2)8-6-9-24(31)3/h4-19,35H,21H2,1-3H3,(H,34,36)/b27-19+. The van der Waals surface area contributed by atoms with Crippen molar-refractivity contribution in [3.63, 3.8) is 0 Å². The van der Waals surface area contributed by atoms with Gasteiger partial charge in [-0.3, -0.25) is 9.52 Å². The number of sulfonamides is 1. The summed E-state index contributed by atoms with van der Waals surface area (Å²) in [6, 6.07) is 28.3. The van der Waals surface area contributed by atoms with Gasteiger partial charge in [-0.2, -0.15) is 5.26 Å². The SMILES string of the molecule is Cc1ccccc1COc1ccc(/C=C(\C#N)C(=O)Nc2ccc(S(=O)(=O)Nc3c(C)cccc3C)cc2)cc1. The zero-order valence-electron chi connectivity index (χ0n) is 22.4. The number of carbonyl (C=O) groups is 1. The average Bonchev–Trinajstić information content (AvgIpc) is 2.94. The van der Waals surface area contributed by atoms with E-state index in [9.17, 15) is 18.5 Å².